The van der Waals surface area contributed by atoms with Crippen LogP contribution in [0.1, 0.15) is 10.4 Å². The summed E-state index contributed by atoms with van der Waals surface area (Å²) in [5, 5.41) is 9.68. The van der Waals surface area contributed by atoms with Crippen LogP contribution in [-0.4, -0.2) is 21.0 Å². The maximum atomic E-state index is 10.8. The predicted molar refractivity (Wildman–Crippen MR) is 68.9 cm³/mol. The van der Waals surface area contributed by atoms with Crippen LogP contribution in [0.3, 0.4) is 0 Å². The molecule has 2 rings (SSSR count). The van der Waals surface area contributed by atoms with Crippen LogP contribution in [0.25, 0.3) is 11.4 Å². The number of hydrogen-bond acceptors (Lipinski definition) is 4. The van der Waals surface area contributed by atoms with E-state index in [2.05, 4.69) is 9.97 Å². The highest BCUT2D eigenvalue weighted by Crippen LogP contribution is 2.25. The Labute approximate surface area is 112 Å². The SMILES string of the molecule is Nc1nc(-c2cc(Cl)cc(Cl)c2)ncc1C(=O)O. The first-order chi connectivity index (χ1) is 8.47. The van der Waals surface area contributed by atoms with Crippen molar-refractivity contribution in [3.05, 3.63) is 40.0 Å². The third-order valence-corrected chi connectivity index (χ3v) is 2.61. The number of hydrogen-bond donors (Lipinski definition) is 2. The second kappa shape index (κ2) is 4.80. The molecule has 3 N–H and O–H groups in total. The first-order valence-corrected chi connectivity index (χ1v) is 5.55. The molecule has 0 aliphatic rings. The number of carboxylic acids is 1. The van der Waals surface area contributed by atoms with Crippen LogP contribution < -0.4 is 5.73 Å². The molecule has 0 unspecified atom stereocenters. The zero-order valence-electron chi connectivity index (χ0n) is 8.89. The van der Waals surface area contributed by atoms with Crippen LogP contribution in [-0.2, 0) is 0 Å². The molecule has 0 spiro atoms. The van der Waals surface area contributed by atoms with E-state index in [1.807, 2.05) is 0 Å². The summed E-state index contributed by atoms with van der Waals surface area (Å²) in [5.41, 5.74) is 5.96. The molecule has 0 fully saturated rings. The molecule has 7 heteroatoms. The topological polar surface area (TPSA) is 89.1 Å². The molecule has 0 atom stereocenters. The van der Waals surface area contributed by atoms with Gasteiger partial charge in [-0.3, -0.25) is 0 Å². The van der Waals surface area contributed by atoms with Crippen LogP contribution >= 0.6 is 23.2 Å². The summed E-state index contributed by atoms with van der Waals surface area (Å²) in [5.74, 6) is -1.02. The number of carboxylic acid groups (broad SMARTS) is 1. The van der Waals surface area contributed by atoms with E-state index in [0.29, 0.717) is 15.6 Å². The fourth-order valence-corrected chi connectivity index (χ4v) is 1.91. The highest BCUT2D eigenvalue weighted by molar-refractivity contribution is 6.35. The summed E-state index contributed by atoms with van der Waals surface area (Å²) in [7, 11) is 0. The molecule has 5 nitrogen and oxygen atoms in total. The maximum Gasteiger partial charge on any atom is 0.341 e. The quantitative estimate of drug-likeness (QED) is 0.885. The number of aromatic carboxylic acids is 1. The van der Waals surface area contributed by atoms with Crippen LogP contribution in [0.2, 0.25) is 10.0 Å². The van der Waals surface area contributed by atoms with Gasteiger partial charge in [0.05, 0.1) is 0 Å². The van der Waals surface area contributed by atoms with E-state index in [-0.39, 0.29) is 17.2 Å². The van der Waals surface area contributed by atoms with Gasteiger partial charge >= 0.3 is 5.97 Å². The summed E-state index contributed by atoms with van der Waals surface area (Å²) in [6.45, 7) is 0. The van der Waals surface area contributed by atoms with Gasteiger partial charge in [-0.15, -0.1) is 0 Å². The van der Waals surface area contributed by atoms with Gasteiger partial charge in [0, 0.05) is 21.8 Å². The Kier molecular flexibility index (Phi) is 3.36. The molecule has 1 aromatic carbocycles. The molecule has 1 heterocycles. The average molecular weight is 284 g/mol. The summed E-state index contributed by atoms with van der Waals surface area (Å²) in [4.78, 5) is 18.6. The van der Waals surface area contributed by atoms with Gasteiger partial charge in [-0.05, 0) is 18.2 Å². The van der Waals surface area contributed by atoms with Gasteiger partial charge in [0.25, 0.3) is 0 Å². The maximum absolute atomic E-state index is 10.8. The van der Waals surface area contributed by atoms with Gasteiger partial charge < -0.3 is 10.8 Å². The fraction of sp³-hybridized carbons (Fsp3) is 0. The number of aromatic nitrogens is 2. The third kappa shape index (κ3) is 2.52. The minimum Gasteiger partial charge on any atom is -0.477 e. The molecule has 2 aromatic rings. The van der Waals surface area contributed by atoms with Gasteiger partial charge in [0.2, 0.25) is 0 Å². The zero-order valence-corrected chi connectivity index (χ0v) is 10.4. The van der Waals surface area contributed by atoms with Crippen molar-refractivity contribution in [3.8, 4) is 11.4 Å². The number of rotatable bonds is 2. The van der Waals surface area contributed by atoms with Crippen LogP contribution in [0.5, 0.6) is 0 Å². The standard InChI is InChI=1S/C11H7Cl2N3O2/c12-6-1-5(2-7(13)3-6)10-15-4-8(11(17)18)9(14)16-10/h1-4H,(H,17,18)(H2,14,15,16). The zero-order chi connectivity index (χ0) is 13.3. The summed E-state index contributed by atoms with van der Waals surface area (Å²) in [6, 6.07) is 4.80. The highest BCUT2D eigenvalue weighted by Gasteiger charge is 2.12. The molecule has 0 saturated heterocycles. The minimum atomic E-state index is -1.18. The molecule has 0 aliphatic carbocycles. The van der Waals surface area contributed by atoms with Gasteiger partial charge in [-0.25, -0.2) is 14.8 Å². The molecule has 0 radical (unpaired) electrons. The van der Waals surface area contributed by atoms with E-state index in [0.717, 1.165) is 6.20 Å². The van der Waals surface area contributed by atoms with Crippen molar-refractivity contribution in [2.45, 2.75) is 0 Å². The minimum absolute atomic E-state index is 0.108. The van der Waals surface area contributed by atoms with Gasteiger partial charge in [-0.2, -0.15) is 0 Å². The molecule has 0 aliphatic heterocycles. The Morgan fingerprint density at radius 3 is 2.33 bits per heavy atom. The first-order valence-electron chi connectivity index (χ1n) is 4.79. The number of carbonyl (C=O) groups is 1. The lowest BCUT2D eigenvalue weighted by Crippen LogP contribution is -2.06. The Balaban J connectivity index is 2.52. The van der Waals surface area contributed by atoms with Crippen LogP contribution in [0, 0.1) is 0 Å². The molecule has 92 valence electrons. The number of nitrogens with zero attached hydrogens (tertiary/aromatic N) is 2. The van der Waals surface area contributed by atoms with Crippen molar-refractivity contribution >= 4 is 35.0 Å². The van der Waals surface area contributed by atoms with E-state index >= 15 is 0 Å². The molecule has 0 amide bonds. The molecular formula is C11H7Cl2N3O2. The predicted octanol–water partition coefficient (Wildman–Crippen LogP) is 2.73. The fourth-order valence-electron chi connectivity index (χ4n) is 1.38. The first kappa shape index (κ1) is 12.6. The van der Waals surface area contributed by atoms with Crippen molar-refractivity contribution in [3.63, 3.8) is 0 Å². The number of nitrogens with two attached hydrogens (primary N) is 1. The molecular weight excluding hydrogens is 277 g/mol. The van der Waals surface area contributed by atoms with E-state index in [4.69, 9.17) is 34.0 Å². The second-order valence-electron chi connectivity index (χ2n) is 3.46. The van der Waals surface area contributed by atoms with Crippen molar-refractivity contribution in [1.82, 2.24) is 9.97 Å². The van der Waals surface area contributed by atoms with Gasteiger partial charge in [0.1, 0.15) is 11.4 Å². The van der Waals surface area contributed by atoms with Crippen molar-refractivity contribution in [2.24, 2.45) is 0 Å². The highest BCUT2D eigenvalue weighted by atomic mass is 35.5. The molecule has 0 bridgehead atoms. The summed E-state index contributed by atoms with van der Waals surface area (Å²) in [6.07, 6.45) is 1.15. The van der Waals surface area contributed by atoms with Crippen LogP contribution in [0.4, 0.5) is 5.82 Å². The Bertz CT molecular complexity index is 611. The number of anilines is 1. The summed E-state index contributed by atoms with van der Waals surface area (Å²) >= 11 is 11.7. The lowest BCUT2D eigenvalue weighted by atomic mass is 10.2. The number of nitrogen functional groups attached to an aromatic ring is 1. The monoisotopic (exact) mass is 283 g/mol. The Hall–Kier alpha value is -1.85. The van der Waals surface area contributed by atoms with Crippen molar-refractivity contribution in [2.75, 3.05) is 5.73 Å². The molecule has 18 heavy (non-hydrogen) atoms. The van der Waals surface area contributed by atoms with E-state index in [9.17, 15) is 4.79 Å². The summed E-state index contributed by atoms with van der Waals surface area (Å²) < 4.78 is 0. The number of halogens is 2. The normalized spacial score (nSPS) is 10.3. The largest absolute Gasteiger partial charge is 0.477 e. The van der Waals surface area contributed by atoms with E-state index in [1.165, 1.54) is 0 Å². The van der Waals surface area contributed by atoms with E-state index in [1.54, 1.807) is 18.2 Å². The second-order valence-corrected chi connectivity index (χ2v) is 4.33. The Morgan fingerprint density at radius 1 is 1.22 bits per heavy atom. The molecule has 0 saturated carbocycles. The van der Waals surface area contributed by atoms with Crippen molar-refractivity contribution in [1.29, 1.82) is 0 Å². The third-order valence-electron chi connectivity index (χ3n) is 2.17. The molecule has 1 aromatic heterocycles. The lowest BCUT2D eigenvalue weighted by molar-refractivity contribution is 0.0697. The lowest BCUT2D eigenvalue weighted by Gasteiger charge is -2.04. The Morgan fingerprint density at radius 2 is 1.83 bits per heavy atom. The van der Waals surface area contributed by atoms with E-state index < -0.39 is 5.97 Å². The van der Waals surface area contributed by atoms with Gasteiger partial charge in [-0.1, -0.05) is 23.2 Å². The van der Waals surface area contributed by atoms with Gasteiger partial charge in [0.15, 0.2) is 5.82 Å². The number of benzene rings is 1. The van der Waals surface area contributed by atoms with Crippen molar-refractivity contribution < 1.29 is 9.90 Å². The van der Waals surface area contributed by atoms with Crippen LogP contribution in [0.15, 0.2) is 24.4 Å². The average Bonchev–Trinajstić information content (AvgIpc) is 2.26. The smallest absolute Gasteiger partial charge is 0.341 e.